The Morgan fingerprint density at radius 3 is 1.15 bits per heavy atom. The summed E-state index contributed by atoms with van der Waals surface area (Å²) in [5.41, 5.74) is 7.91. The predicted octanol–water partition coefficient (Wildman–Crippen LogP) is 14.1. The van der Waals surface area contributed by atoms with E-state index in [0.717, 1.165) is 77.5 Å². The van der Waals surface area contributed by atoms with Crippen molar-refractivity contribution < 1.29 is 47.0 Å². The number of carbonyl (C=O) groups excluding carboxylic acids is 2. The molecular formula is C68H65BrF4N18O6. The fourth-order valence-corrected chi connectivity index (χ4v) is 10.7. The van der Waals surface area contributed by atoms with Crippen LogP contribution < -0.4 is 10.6 Å². The summed E-state index contributed by atoms with van der Waals surface area (Å²) in [6.45, 7) is 14.9. The van der Waals surface area contributed by atoms with Crippen molar-refractivity contribution in [1.29, 1.82) is 0 Å². The van der Waals surface area contributed by atoms with Gasteiger partial charge in [-0.3, -0.25) is 23.6 Å². The number of hydrogen-bond acceptors (Lipinski definition) is 15. The topological polar surface area (TPSA) is 299 Å². The first-order chi connectivity index (χ1) is 46.4. The number of hydrogen-bond donors (Lipinski definition) is 4. The largest absolute Gasteiger partial charge is 0.478 e. The van der Waals surface area contributed by atoms with Gasteiger partial charge in [0.15, 0.2) is 0 Å². The van der Waals surface area contributed by atoms with Gasteiger partial charge >= 0.3 is 11.9 Å². The molecule has 2 amide bonds. The van der Waals surface area contributed by atoms with Crippen LogP contribution in [0.25, 0.3) is 56.4 Å². The van der Waals surface area contributed by atoms with Gasteiger partial charge in [0.05, 0.1) is 71.1 Å². The van der Waals surface area contributed by atoms with E-state index in [1.807, 2.05) is 74.2 Å². The molecule has 4 aromatic carbocycles. The van der Waals surface area contributed by atoms with Crippen LogP contribution in [0, 0.1) is 51.0 Å². The van der Waals surface area contributed by atoms with Crippen LogP contribution in [0.1, 0.15) is 160 Å². The molecule has 0 atom stereocenters. The van der Waals surface area contributed by atoms with Gasteiger partial charge in [-0.05, 0) is 227 Å². The third kappa shape index (κ3) is 15.7. The number of pyridine rings is 2. The van der Waals surface area contributed by atoms with Crippen molar-refractivity contribution in [3.8, 4) is 56.4 Å². The van der Waals surface area contributed by atoms with Gasteiger partial charge in [-0.15, -0.1) is 10.2 Å². The van der Waals surface area contributed by atoms with Crippen molar-refractivity contribution in [2.45, 2.75) is 124 Å². The van der Waals surface area contributed by atoms with E-state index in [2.05, 4.69) is 82.9 Å². The molecule has 0 radical (unpaired) electrons. The van der Waals surface area contributed by atoms with E-state index in [4.69, 9.17) is 10.2 Å². The highest BCUT2D eigenvalue weighted by Gasteiger charge is 2.28. The Labute approximate surface area is 560 Å². The molecule has 7 heterocycles. The zero-order chi connectivity index (χ0) is 69.1. The number of tetrazole rings is 2. The highest BCUT2D eigenvalue weighted by atomic mass is 79.9. The van der Waals surface area contributed by atoms with Gasteiger partial charge in [-0.1, -0.05) is 28.1 Å². The number of aryl methyl sites for hydroxylation is 4. The van der Waals surface area contributed by atoms with Crippen LogP contribution in [0.5, 0.6) is 0 Å². The number of anilines is 2. The van der Waals surface area contributed by atoms with Gasteiger partial charge < -0.3 is 20.8 Å². The summed E-state index contributed by atoms with van der Waals surface area (Å²) in [4.78, 5) is 56.2. The number of aromatic carboxylic acids is 2. The Bertz CT molecular complexity index is 4590. The highest BCUT2D eigenvalue weighted by molar-refractivity contribution is 9.10. The molecule has 14 rings (SSSR count). The normalized spacial score (nSPS) is 13.3. The first-order valence-electron chi connectivity index (χ1n) is 31.0. The molecule has 0 saturated heterocycles. The Balaban J connectivity index is 0.000000140. The van der Waals surface area contributed by atoms with Gasteiger partial charge in [-0.25, -0.2) is 46.5 Å². The molecule has 97 heavy (non-hydrogen) atoms. The van der Waals surface area contributed by atoms with Crippen molar-refractivity contribution in [2.24, 2.45) is 0 Å². The Morgan fingerprint density at radius 2 is 0.814 bits per heavy atom. The van der Waals surface area contributed by atoms with E-state index < -0.39 is 47.0 Å². The van der Waals surface area contributed by atoms with Crippen LogP contribution in [0.4, 0.5) is 29.2 Å². The number of nitrogens with one attached hydrogen (secondary N) is 2. The third-order valence-electron chi connectivity index (χ3n) is 16.0. The number of halogens is 5. The average Bonchev–Trinajstić information content (AvgIpc) is 1.77. The zero-order valence-corrected chi connectivity index (χ0v) is 55.3. The quantitative estimate of drug-likeness (QED) is 0.0654. The number of amides is 2. The number of carboxylic acids is 2. The number of nitrogens with zero attached hydrogens (tertiary/aromatic N) is 16. The monoisotopic (exact) mass is 1380 g/mol. The van der Waals surface area contributed by atoms with E-state index in [1.165, 1.54) is 36.4 Å². The lowest BCUT2D eigenvalue weighted by Crippen LogP contribution is -2.15. The first kappa shape index (κ1) is 67.4. The van der Waals surface area contributed by atoms with Crippen LogP contribution in [0.2, 0.25) is 0 Å². The maximum atomic E-state index is 14.8. The van der Waals surface area contributed by atoms with E-state index in [9.17, 15) is 36.7 Å². The molecule has 3 aliphatic rings. The number of carboxylic acid groups (broad SMARTS) is 2. The number of aromatic nitrogens is 16. The van der Waals surface area contributed by atoms with Crippen molar-refractivity contribution >= 4 is 51.3 Å². The SMILES string of the molecule is Cc1cc(F)c(C(=O)Nc2cccc(-c3nnnn3C(C)C)n2)cc1-c1cnn(C2CC2)c1.Cc1cc(F)c(C(=O)Nc2cccc(-c3nnnn3C(C)C)n2)cc1-c1cnn(C2CC2)c1.Cc1cc(F)c(C(=O)O)cc1-c1cnn(C2CC2)c1.Cc1cc(F)c(C(=O)O)cc1Br. The molecule has 11 aromatic rings. The van der Waals surface area contributed by atoms with E-state index >= 15 is 0 Å². The molecule has 0 unspecified atom stereocenters. The summed E-state index contributed by atoms with van der Waals surface area (Å²) in [6, 6.07) is 22.6. The summed E-state index contributed by atoms with van der Waals surface area (Å²) in [7, 11) is 0. The van der Waals surface area contributed by atoms with E-state index in [1.54, 1.807) is 90.3 Å². The molecule has 498 valence electrons. The average molecular weight is 1390 g/mol. The molecule has 3 aliphatic carbocycles. The molecule has 3 saturated carbocycles. The lowest BCUT2D eigenvalue weighted by Gasteiger charge is -2.11. The van der Waals surface area contributed by atoms with Crippen LogP contribution in [0.3, 0.4) is 0 Å². The molecule has 7 aromatic heterocycles. The van der Waals surface area contributed by atoms with Gasteiger partial charge in [0.1, 0.15) is 46.3 Å². The molecule has 0 bridgehead atoms. The summed E-state index contributed by atoms with van der Waals surface area (Å²) < 4.78 is 65.6. The maximum absolute atomic E-state index is 14.8. The highest BCUT2D eigenvalue weighted by Crippen LogP contribution is 2.39. The second kappa shape index (κ2) is 28.5. The van der Waals surface area contributed by atoms with Crippen LogP contribution in [-0.4, -0.2) is 114 Å². The van der Waals surface area contributed by atoms with E-state index in [0.29, 0.717) is 62.3 Å². The van der Waals surface area contributed by atoms with Gasteiger partial charge in [0.25, 0.3) is 11.8 Å². The first-order valence-corrected chi connectivity index (χ1v) is 31.8. The molecular weight excluding hydrogens is 1320 g/mol. The van der Waals surface area contributed by atoms with Crippen LogP contribution in [-0.2, 0) is 0 Å². The van der Waals surface area contributed by atoms with Crippen molar-refractivity contribution in [2.75, 3.05) is 10.6 Å². The second-order valence-electron chi connectivity index (χ2n) is 24.3. The van der Waals surface area contributed by atoms with Crippen molar-refractivity contribution in [1.82, 2.24) is 79.7 Å². The predicted molar refractivity (Wildman–Crippen MR) is 353 cm³/mol. The second-order valence-corrected chi connectivity index (χ2v) is 25.1. The molecule has 29 heteroatoms. The van der Waals surface area contributed by atoms with Crippen LogP contribution >= 0.6 is 15.9 Å². The fourth-order valence-electron chi connectivity index (χ4n) is 10.4. The van der Waals surface area contributed by atoms with Gasteiger partial charge in [-0.2, -0.15) is 15.3 Å². The van der Waals surface area contributed by atoms with Crippen molar-refractivity contribution in [3.63, 3.8) is 0 Å². The maximum Gasteiger partial charge on any atom is 0.338 e. The van der Waals surface area contributed by atoms with Crippen LogP contribution in [0.15, 0.2) is 127 Å². The zero-order valence-electron chi connectivity index (χ0n) is 53.7. The number of carbonyl (C=O) groups is 4. The smallest absolute Gasteiger partial charge is 0.338 e. The minimum absolute atomic E-state index is 0.0411. The van der Waals surface area contributed by atoms with Gasteiger partial charge in [0.2, 0.25) is 11.6 Å². The Kier molecular flexibility index (Phi) is 19.8. The molecule has 0 spiro atoms. The van der Waals surface area contributed by atoms with E-state index in [-0.39, 0.29) is 46.0 Å². The molecule has 0 aliphatic heterocycles. The minimum atomic E-state index is -1.26. The van der Waals surface area contributed by atoms with Gasteiger partial charge in [0, 0.05) is 39.8 Å². The standard InChI is InChI=1S/2C23H23FN8O.C14H13FN2O2.C8H6BrFO2/c2*1-13(2)32-22(28-29-30-32)20-5-4-6-21(26-20)27-23(33)18-10-17(14(3)9-19(18)24)15-11-25-31(12-15)16-7-8-16;1-8-4-13(15)12(14(18)19)5-11(8)9-6-16-17(7-9)10-2-3-10;1-4-2-7(10)5(8(11)12)3-6(4)9/h2*4-6,9-13,16H,7-8H2,1-3H3,(H,26,27,33);4-7,10H,2-3H2,1H3,(H,18,19);2-3H,1H3,(H,11,12). The third-order valence-corrected chi connectivity index (χ3v) is 16.9. The summed E-state index contributed by atoms with van der Waals surface area (Å²) in [6.07, 6.45) is 17.7. The number of rotatable bonds is 16. The lowest BCUT2D eigenvalue weighted by atomic mass is 9.99. The molecule has 4 N–H and O–H groups in total. The summed E-state index contributed by atoms with van der Waals surface area (Å²) >= 11 is 3.12. The Hall–Kier alpha value is -11.0. The summed E-state index contributed by atoms with van der Waals surface area (Å²) in [5, 5.41) is 59.4. The minimum Gasteiger partial charge on any atom is -0.478 e. The Morgan fingerprint density at radius 1 is 0.485 bits per heavy atom. The van der Waals surface area contributed by atoms with Crippen molar-refractivity contribution in [3.05, 3.63) is 194 Å². The molecule has 3 fully saturated rings. The summed E-state index contributed by atoms with van der Waals surface area (Å²) in [5.74, 6) is -4.76. The fraction of sp³-hybridized carbons (Fsp3) is 0.279. The lowest BCUT2D eigenvalue weighted by molar-refractivity contribution is 0.0680. The molecule has 24 nitrogen and oxygen atoms in total. The number of benzene rings is 4.